The second-order valence-corrected chi connectivity index (χ2v) is 7.57. The van der Waals surface area contributed by atoms with E-state index >= 15 is 0 Å². The Morgan fingerprint density at radius 2 is 2.00 bits per heavy atom. The lowest BCUT2D eigenvalue weighted by molar-refractivity contribution is 0.0574. The van der Waals surface area contributed by atoms with Crippen molar-refractivity contribution in [3.05, 3.63) is 0 Å². The molecule has 0 bridgehead atoms. The van der Waals surface area contributed by atoms with E-state index in [1.54, 1.807) is 0 Å². The van der Waals surface area contributed by atoms with Crippen molar-refractivity contribution in [1.82, 2.24) is 4.90 Å². The molecule has 4 atom stereocenters. The van der Waals surface area contributed by atoms with E-state index < -0.39 is 0 Å². The zero-order valence-corrected chi connectivity index (χ0v) is 13.3. The third kappa shape index (κ3) is 4.19. The summed E-state index contributed by atoms with van der Waals surface area (Å²) in [6.45, 7) is 10.6. The molecule has 2 N–H and O–H groups in total. The zero-order chi connectivity index (χ0) is 13.8. The smallest absolute Gasteiger partial charge is 0.00980 e. The van der Waals surface area contributed by atoms with Crippen LogP contribution in [0, 0.1) is 23.7 Å². The Hall–Kier alpha value is -0.0800. The minimum atomic E-state index is 0.735. The van der Waals surface area contributed by atoms with E-state index in [4.69, 9.17) is 5.73 Å². The summed E-state index contributed by atoms with van der Waals surface area (Å²) >= 11 is 0. The molecule has 1 saturated carbocycles. The molecule has 2 rings (SSSR count). The second kappa shape index (κ2) is 7.08. The molecular weight excluding hydrogens is 232 g/mol. The van der Waals surface area contributed by atoms with Crippen LogP contribution in [0.1, 0.15) is 59.3 Å². The number of piperidine rings is 1. The number of likely N-dealkylation sites (tertiary alicyclic amines) is 1. The summed E-state index contributed by atoms with van der Waals surface area (Å²) in [7, 11) is 0. The van der Waals surface area contributed by atoms with Crippen LogP contribution in [-0.2, 0) is 0 Å². The molecule has 1 heterocycles. The van der Waals surface area contributed by atoms with Crippen LogP contribution in [0.2, 0.25) is 0 Å². The summed E-state index contributed by atoms with van der Waals surface area (Å²) in [5.74, 6) is 3.41. The van der Waals surface area contributed by atoms with E-state index in [-0.39, 0.29) is 0 Å². The lowest BCUT2D eigenvalue weighted by atomic mass is 9.79. The van der Waals surface area contributed by atoms with E-state index in [0.29, 0.717) is 0 Å². The van der Waals surface area contributed by atoms with Crippen molar-refractivity contribution >= 4 is 0 Å². The minimum Gasteiger partial charge on any atom is -0.330 e. The summed E-state index contributed by atoms with van der Waals surface area (Å²) in [6.07, 6.45) is 8.58. The second-order valence-electron chi connectivity index (χ2n) is 7.57. The summed E-state index contributed by atoms with van der Waals surface area (Å²) in [4.78, 5) is 2.78. The van der Waals surface area contributed by atoms with Gasteiger partial charge in [-0.25, -0.2) is 0 Å². The number of nitrogens with two attached hydrogens (primary N) is 1. The van der Waals surface area contributed by atoms with Crippen LogP contribution in [0.25, 0.3) is 0 Å². The van der Waals surface area contributed by atoms with Crippen LogP contribution in [-0.4, -0.2) is 30.6 Å². The average molecular weight is 266 g/mol. The molecule has 19 heavy (non-hydrogen) atoms. The van der Waals surface area contributed by atoms with Gasteiger partial charge in [0.25, 0.3) is 0 Å². The largest absolute Gasteiger partial charge is 0.330 e. The molecule has 1 saturated heterocycles. The summed E-state index contributed by atoms with van der Waals surface area (Å²) in [6, 6.07) is 0.860. The molecule has 2 aliphatic rings. The van der Waals surface area contributed by atoms with E-state index in [1.807, 2.05) is 0 Å². The van der Waals surface area contributed by atoms with Gasteiger partial charge in [-0.3, -0.25) is 0 Å². The highest BCUT2D eigenvalue weighted by molar-refractivity contribution is 4.86. The first-order valence-electron chi connectivity index (χ1n) is 8.54. The summed E-state index contributed by atoms with van der Waals surface area (Å²) < 4.78 is 0. The Bertz CT molecular complexity index is 264. The first kappa shape index (κ1) is 15.3. The maximum Gasteiger partial charge on any atom is 0.00980 e. The van der Waals surface area contributed by atoms with Gasteiger partial charge in [0.05, 0.1) is 0 Å². The van der Waals surface area contributed by atoms with Crippen LogP contribution >= 0.6 is 0 Å². The molecule has 0 aromatic rings. The highest BCUT2D eigenvalue weighted by Gasteiger charge is 2.32. The maximum absolute atomic E-state index is 5.95. The highest BCUT2D eigenvalue weighted by atomic mass is 15.2. The first-order valence-corrected chi connectivity index (χ1v) is 8.54. The van der Waals surface area contributed by atoms with Crippen molar-refractivity contribution in [2.45, 2.75) is 65.3 Å². The molecule has 2 heteroatoms. The maximum atomic E-state index is 5.95. The quantitative estimate of drug-likeness (QED) is 0.844. The fourth-order valence-corrected chi connectivity index (χ4v) is 4.29. The van der Waals surface area contributed by atoms with E-state index in [0.717, 1.165) is 36.3 Å². The Morgan fingerprint density at radius 1 is 1.21 bits per heavy atom. The summed E-state index contributed by atoms with van der Waals surface area (Å²) in [5.41, 5.74) is 5.95. The van der Waals surface area contributed by atoms with Crippen LogP contribution in [0.3, 0.4) is 0 Å². The van der Waals surface area contributed by atoms with Crippen molar-refractivity contribution in [2.75, 3.05) is 19.6 Å². The van der Waals surface area contributed by atoms with E-state index in [9.17, 15) is 0 Å². The van der Waals surface area contributed by atoms with Crippen LogP contribution in [0.15, 0.2) is 0 Å². The molecule has 0 aromatic carbocycles. The molecule has 0 spiro atoms. The number of rotatable bonds is 4. The molecular formula is C17H34N2. The van der Waals surface area contributed by atoms with Gasteiger partial charge in [0.1, 0.15) is 0 Å². The van der Waals surface area contributed by atoms with Crippen LogP contribution in [0.4, 0.5) is 0 Å². The van der Waals surface area contributed by atoms with Crippen LogP contribution < -0.4 is 5.73 Å². The normalized spacial score (nSPS) is 37.7. The standard InChI is InChI=1S/C17H34N2/c1-13(2)9-15-5-4-6-17(10-15)19-8-7-14(3)16(11-18)12-19/h13-17H,4-12,18H2,1-3H3. The Morgan fingerprint density at radius 3 is 2.68 bits per heavy atom. The Balaban J connectivity index is 1.87. The van der Waals surface area contributed by atoms with Gasteiger partial charge in [-0.05, 0) is 62.4 Å². The predicted molar refractivity (Wildman–Crippen MR) is 83.1 cm³/mol. The van der Waals surface area contributed by atoms with Gasteiger partial charge in [-0.1, -0.05) is 33.6 Å². The van der Waals surface area contributed by atoms with Crippen molar-refractivity contribution in [1.29, 1.82) is 0 Å². The third-order valence-corrected chi connectivity index (χ3v) is 5.52. The fourth-order valence-electron chi connectivity index (χ4n) is 4.29. The molecule has 0 amide bonds. The third-order valence-electron chi connectivity index (χ3n) is 5.52. The molecule has 2 fully saturated rings. The van der Waals surface area contributed by atoms with Gasteiger partial charge in [-0.2, -0.15) is 0 Å². The van der Waals surface area contributed by atoms with Gasteiger partial charge in [0, 0.05) is 12.6 Å². The van der Waals surface area contributed by atoms with Crippen molar-refractivity contribution in [3.8, 4) is 0 Å². The van der Waals surface area contributed by atoms with Crippen molar-refractivity contribution in [3.63, 3.8) is 0 Å². The van der Waals surface area contributed by atoms with Crippen molar-refractivity contribution in [2.24, 2.45) is 29.4 Å². The van der Waals surface area contributed by atoms with E-state index in [1.165, 1.54) is 51.6 Å². The zero-order valence-electron chi connectivity index (χ0n) is 13.3. The molecule has 1 aliphatic heterocycles. The molecule has 0 radical (unpaired) electrons. The molecule has 0 aromatic heterocycles. The molecule has 2 nitrogen and oxygen atoms in total. The SMILES string of the molecule is CC(C)CC1CCCC(N2CCC(C)C(CN)C2)C1. The van der Waals surface area contributed by atoms with Crippen molar-refractivity contribution < 1.29 is 0 Å². The van der Waals surface area contributed by atoms with Gasteiger partial charge in [-0.15, -0.1) is 0 Å². The fraction of sp³-hybridized carbons (Fsp3) is 1.00. The molecule has 1 aliphatic carbocycles. The first-order chi connectivity index (χ1) is 9.10. The van der Waals surface area contributed by atoms with Gasteiger partial charge in [0.15, 0.2) is 0 Å². The number of nitrogens with zero attached hydrogens (tertiary/aromatic N) is 1. The lowest BCUT2D eigenvalue weighted by Crippen LogP contribution is -2.48. The Kier molecular flexibility index (Phi) is 5.70. The van der Waals surface area contributed by atoms with E-state index in [2.05, 4.69) is 25.7 Å². The van der Waals surface area contributed by atoms with Crippen LogP contribution in [0.5, 0.6) is 0 Å². The number of hydrogen-bond acceptors (Lipinski definition) is 2. The topological polar surface area (TPSA) is 29.3 Å². The summed E-state index contributed by atoms with van der Waals surface area (Å²) in [5, 5.41) is 0. The van der Waals surface area contributed by atoms with Gasteiger partial charge < -0.3 is 10.6 Å². The number of hydrogen-bond donors (Lipinski definition) is 1. The monoisotopic (exact) mass is 266 g/mol. The molecule has 112 valence electrons. The predicted octanol–water partition coefficient (Wildman–Crippen LogP) is 3.51. The van der Waals surface area contributed by atoms with Gasteiger partial charge in [0.2, 0.25) is 0 Å². The minimum absolute atomic E-state index is 0.735. The Labute approximate surface area is 120 Å². The lowest BCUT2D eigenvalue weighted by Gasteiger charge is -2.44. The van der Waals surface area contributed by atoms with Gasteiger partial charge >= 0.3 is 0 Å². The highest BCUT2D eigenvalue weighted by Crippen LogP contribution is 2.34. The average Bonchev–Trinajstić information content (AvgIpc) is 2.39. The molecule has 4 unspecified atom stereocenters.